The Morgan fingerprint density at radius 1 is 1.13 bits per heavy atom. The van der Waals surface area contributed by atoms with E-state index in [4.69, 9.17) is 14.2 Å². The predicted molar refractivity (Wildman–Crippen MR) is 117 cm³/mol. The molecule has 0 saturated carbocycles. The molecular weight excluding hydrogens is 384 g/mol. The maximum atomic E-state index is 13.0. The number of hydrogen-bond donors (Lipinski definition) is 0. The van der Waals surface area contributed by atoms with Gasteiger partial charge in [-0.2, -0.15) is 0 Å². The third kappa shape index (κ3) is 6.62. The van der Waals surface area contributed by atoms with Crippen molar-refractivity contribution >= 4 is 17.7 Å². The zero-order valence-corrected chi connectivity index (χ0v) is 19.4. The molecule has 2 rings (SSSR count). The van der Waals surface area contributed by atoms with E-state index in [2.05, 4.69) is 0 Å². The molecule has 0 atom stereocenters. The average Bonchev–Trinajstić information content (AvgIpc) is 2.66. The standard InChI is InChI=1S/C23H36N2O5/c1-17(2)29-19-10-8-18(9-11-19)24(6)20(26)16-23(28-7)12-14-25(15-13-23)21(27)30-22(3,4)5/h8-11,17H,12-16H2,1-7H3. The minimum atomic E-state index is -0.579. The molecule has 2 amide bonds. The zero-order chi connectivity index (χ0) is 22.5. The van der Waals surface area contributed by atoms with E-state index in [9.17, 15) is 9.59 Å². The fraction of sp³-hybridized carbons (Fsp3) is 0.652. The van der Waals surface area contributed by atoms with Gasteiger partial charge in [-0.25, -0.2) is 4.79 Å². The molecule has 0 aliphatic carbocycles. The highest BCUT2D eigenvalue weighted by Gasteiger charge is 2.39. The molecule has 7 heteroatoms. The Hall–Kier alpha value is -2.28. The van der Waals surface area contributed by atoms with Gasteiger partial charge >= 0.3 is 6.09 Å². The molecule has 0 spiro atoms. The van der Waals surface area contributed by atoms with Crippen LogP contribution in [0, 0.1) is 0 Å². The van der Waals surface area contributed by atoms with Crippen LogP contribution in [0.25, 0.3) is 0 Å². The molecule has 1 aromatic rings. The fourth-order valence-electron chi connectivity index (χ4n) is 3.44. The molecule has 7 nitrogen and oxygen atoms in total. The van der Waals surface area contributed by atoms with E-state index in [1.807, 2.05) is 58.9 Å². The zero-order valence-electron chi connectivity index (χ0n) is 19.4. The summed E-state index contributed by atoms with van der Waals surface area (Å²) in [5.41, 5.74) is -0.306. The van der Waals surface area contributed by atoms with E-state index in [0.29, 0.717) is 25.9 Å². The van der Waals surface area contributed by atoms with E-state index in [1.54, 1.807) is 24.0 Å². The van der Waals surface area contributed by atoms with Crippen molar-refractivity contribution in [3.8, 4) is 5.75 Å². The van der Waals surface area contributed by atoms with Gasteiger partial charge in [0.1, 0.15) is 11.4 Å². The van der Waals surface area contributed by atoms with Gasteiger partial charge in [0, 0.05) is 32.9 Å². The number of anilines is 1. The Balaban J connectivity index is 1.96. The number of rotatable bonds is 6. The molecule has 1 saturated heterocycles. The lowest BCUT2D eigenvalue weighted by atomic mass is 9.87. The minimum Gasteiger partial charge on any atom is -0.491 e. The van der Waals surface area contributed by atoms with Crippen LogP contribution < -0.4 is 9.64 Å². The van der Waals surface area contributed by atoms with Crippen LogP contribution in [0.1, 0.15) is 53.9 Å². The molecule has 1 aliphatic heterocycles. The van der Waals surface area contributed by atoms with Crippen LogP contribution in [0.15, 0.2) is 24.3 Å². The van der Waals surface area contributed by atoms with Gasteiger partial charge in [0.2, 0.25) is 5.91 Å². The first-order valence-corrected chi connectivity index (χ1v) is 10.5. The van der Waals surface area contributed by atoms with Gasteiger partial charge in [0.25, 0.3) is 0 Å². The van der Waals surface area contributed by atoms with Crippen molar-refractivity contribution in [2.75, 3.05) is 32.1 Å². The SMILES string of the molecule is COC1(CC(=O)N(C)c2ccc(OC(C)C)cc2)CCN(C(=O)OC(C)(C)C)CC1. The summed E-state index contributed by atoms with van der Waals surface area (Å²) in [6.07, 6.45) is 1.21. The highest BCUT2D eigenvalue weighted by Crippen LogP contribution is 2.31. The van der Waals surface area contributed by atoms with Crippen molar-refractivity contribution in [2.24, 2.45) is 0 Å². The van der Waals surface area contributed by atoms with Gasteiger partial charge in [-0.3, -0.25) is 4.79 Å². The van der Waals surface area contributed by atoms with E-state index in [1.165, 1.54) is 0 Å². The maximum absolute atomic E-state index is 13.0. The van der Waals surface area contributed by atoms with Crippen molar-refractivity contribution in [1.82, 2.24) is 4.90 Å². The van der Waals surface area contributed by atoms with Crippen LogP contribution in [-0.4, -0.2) is 61.5 Å². The number of amides is 2. The highest BCUT2D eigenvalue weighted by atomic mass is 16.6. The molecule has 1 aliphatic rings. The van der Waals surface area contributed by atoms with Gasteiger partial charge in [-0.15, -0.1) is 0 Å². The maximum Gasteiger partial charge on any atom is 0.410 e. The van der Waals surface area contributed by atoms with Crippen LogP contribution in [0.5, 0.6) is 5.75 Å². The summed E-state index contributed by atoms with van der Waals surface area (Å²) >= 11 is 0. The number of nitrogens with zero attached hydrogens (tertiary/aromatic N) is 2. The number of carbonyl (C=O) groups excluding carboxylic acids is 2. The Morgan fingerprint density at radius 2 is 1.70 bits per heavy atom. The smallest absolute Gasteiger partial charge is 0.410 e. The Bertz CT molecular complexity index is 716. The second-order valence-electron chi connectivity index (χ2n) is 9.14. The predicted octanol–water partition coefficient (Wildman–Crippen LogP) is 4.24. The molecular formula is C23H36N2O5. The van der Waals surface area contributed by atoms with Crippen molar-refractivity contribution in [3.05, 3.63) is 24.3 Å². The molecule has 168 valence electrons. The summed E-state index contributed by atoms with van der Waals surface area (Å²) in [7, 11) is 3.40. The number of methoxy groups -OCH3 is 1. The second kappa shape index (κ2) is 9.69. The van der Waals surface area contributed by atoms with Crippen molar-refractivity contribution in [2.45, 2.75) is 71.2 Å². The number of hydrogen-bond acceptors (Lipinski definition) is 5. The topological polar surface area (TPSA) is 68.3 Å². The molecule has 0 aromatic heterocycles. The molecule has 0 unspecified atom stereocenters. The molecule has 0 N–H and O–H groups in total. The number of benzene rings is 1. The van der Waals surface area contributed by atoms with E-state index in [0.717, 1.165) is 11.4 Å². The molecule has 1 aromatic carbocycles. The Morgan fingerprint density at radius 3 is 2.17 bits per heavy atom. The van der Waals surface area contributed by atoms with E-state index in [-0.39, 0.29) is 24.5 Å². The monoisotopic (exact) mass is 420 g/mol. The quantitative estimate of drug-likeness (QED) is 0.688. The average molecular weight is 421 g/mol. The van der Waals surface area contributed by atoms with Crippen LogP contribution >= 0.6 is 0 Å². The first-order valence-electron chi connectivity index (χ1n) is 10.5. The van der Waals surface area contributed by atoms with Gasteiger partial charge in [-0.1, -0.05) is 0 Å². The lowest BCUT2D eigenvalue weighted by Gasteiger charge is -2.41. The largest absolute Gasteiger partial charge is 0.491 e. The third-order valence-corrected chi connectivity index (χ3v) is 5.20. The van der Waals surface area contributed by atoms with Crippen LogP contribution in [0.3, 0.4) is 0 Å². The summed E-state index contributed by atoms with van der Waals surface area (Å²) in [5, 5.41) is 0. The van der Waals surface area contributed by atoms with E-state index < -0.39 is 11.2 Å². The molecule has 30 heavy (non-hydrogen) atoms. The Labute approximate surface area is 180 Å². The summed E-state index contributed by atoms with van der Waals surface area (Å²) in [6.45, 7) is 10.5. The molecule has 1 fully saturated rings. The normalized spacial score (nSPS) is 16.3. The Kier molecular flexibility index (Phi) is 7.75. The molecule has 0 bridgehead atoms. The third-order valence-electron chi connectivity index (χ3n) is 5.20. The number of carbonyl (C=O) groups is 2. The van der Waals surface area contributed by atoms with Crippen LogP contribution in [-0.2, 0) is 14.3 Å². The first kappa shape index (κ1) is 24.0. The van der Waals surface area contributed by atoms with Gasteiger partial charge in [-0.05, 0) is 71.7 Å². The summed E-state index contributed by atoms with van der Waals surface area (Å²) < 4.78 is 16.9. The van der Waals surface area contributed by atoms with Crippen LogP contribution in [0.4, 0.5) is 10.5 Å². The molecule has 0 radical (unpaired) electrons. The van der Waals surface area contributed by atoms with Crippen molar-refractivity contribution in [3.63, 3.8) is 0 Å². The lowest BCUT2D eigenvalue weighted by Crippen LogP contribution is -2.50. The van der Waals surface area contributed by atoms with Gasteiger partial charge < -0.3 is 24.0 Å². The van der Waals surface area contributed by atoms with Crippen molar-refractivity contribution in [1.29, 1.82) is 0 Å². The van der Waals surface area contributed by atoms with E-state index >= 15 is 0 Å². The first-order chi connectivity index (χ1) is 13.9. The van der Waals surface area contributed by atoms with Crippen LogP contribution in [0.2, 0.25) is 0 Å². The van der Waals surface area contributed by atoms with Gasteiger partial charge in [0.05, 0.1) is 18.1 Å². The number of piperidine rings is 1. The number of likely N-dealkylation sites (tertiary alicyclic amines) is 1. The summed E-state index contributed by atoms with van der Waals surface area (Å²) in [5.74, 6) is 0.748. The summed E-state index contributed by atoms with van der Waals surface area (Å²) in [4.78, 5) is 28.6. The second-order valence-corrected chi connectivity index (χ2v) is 9.14. The summed E-state index contributed by atoms with van der Waals surface area (Å²) in [6, 6.07) is 7.48. The molecule has 1 heterocycles. The van der Waals surface area contributed by atoms with Gasteiger partial charge in [0.15, 0.2) is 0 Å². The minimum absolute atomic E-state index is 0.0277. The number of ether oxygens (including phenoxy) is 3. The highest BCUT2D eigenvalue weighted by molar-refractivity contribution is 5.93. The van der Waals surface area contributed by atoms with Crippen molar-refractivity contribution < 1.29 is 23.8 Å². The fourth-order valence-corrected chi connectivity index (χ4v) is 3.44. The lowest BCUT2D eigenvalue weighted by molar-refractivity contribution is -0.128.